The van der Waals surface area contributed by atoms with Crippen LogP contribution in [0.5, 0.6) is 0 Å². The Balaban J connectivity index is 1.57. The summed E-state index contributed by atoms with van der Waals surface area (Å²) in [7, 11) is 0. The lowest BCUT2D eigenvalue weighted by atomic mass is 10.2. The lowest BCUT2D eigenvalue weighted by Gasteiger charge is -2.37. The Morgan fingerprint density at radius 3 is 2.50 bits per heavy atom. The summed E-state index contributed by atoms with van der Waals surface area (Å²) in [5, 5.41) is 1.87. The molecule has 3 aromatic rings. The van der Waals surface area contributed by atoms with Crippen LogP contribution in [0.15, 0.2) is 53.3 Å². The fraction of sp³-hybridized carbons (Fsp3) is 0.222. The molecule has 1 aromatic heterocycles. The highest BCUT2D eigenvalue weighted by molar-refractivity contribution is 9.10. The number of nitrogens with zero attached hydrogens (tertiary/aromatic N) is 4. The minimum atomic E-state index is 0.779. The average molecular weight is 404 g/mol. The lowest BCUT2D eigenvalue weighted by Crippen LogP contribution is -2.46. The number of hydrogen-bond donors (Lipinski definition) is 0. The summed E-state index contributed by atoms with van der Waals surface area (Å²) >= 11 is 9.65. The molecular formula is C18H16BrClN4. The van der Waals surface area contributed by atoms with Crippen molar-refractivity contribution in [2.24, 2.45) is 0 Å². The minimum absolute atomic E-state index is 0.779. The number of aromatic nitrogens is 2. The van der Waals surface area contributed by atoms with Crippen molar-refractivity contribution in [2.45, 2.75) is 0 Å². The second-order valence-corrected chi connectivity index (χ2v) is 7.16. The molecule has 1 fully saturated rings. The second-order valence-electron chi connectivity index (χ2n) is 5.81. The first-order valence-electron chi connectivity index (χ1n) is 7.86. The Hall–Kier alpha value is -1.85. The molecule has 0 N–H and O–H groups in total. The summed E-state index contributed by atoms with van der Waals surface area (Å²) in [6.45, 7) is 3.73. The largest absolute Gasteiger partial charge is 0.368 e. The molecule has 4 nitrogen and oxygen atoms in total. The molecule has 4 rings (SSSR count). The van der Waals surface area contributed by atoms with Gasteiger partial charge in [-0.25, -0.2) is 9.97 Å². The van der Waals surface area contributed by atoms with E-state index in [1.54, 1.807) is 6.33 Å². The molecule has 122 valence electrons. The van der Waals surface area contributed by atoms with Crippen molar-refractivity contribution in [3.05, 3.63) is 58.3 Å². The molecule has 2 heterocycles. The van der Waals surface area contributed by atoms with Crippen molar-refractivity contribution in [3.8, 4) is 0 Å². The van der Waals surface area contributed by atoms with E-state index in [9.17, 15) is 0 Å². The van der Waals surface area contributed by atoms with Gasteiger partial charge >= 0.3 is 0 Å². The number of anilines is 2. The van der Waals surface area contributed by atoms with Crippen molar-refractivity contribution in [1.29, 1.82) is 0 Å². The topological polar surface area (TPSA) is 32.3 Å². The van der Waals surface area contributed by atoms with Crippen molar-refractivity contribution in [3.63, 3.8) is 0 Å². The van der Waals surface area contributed by atoms with Crippen LogP contribution in [-0.4, -0.2) is 36.1 Å². The van der Waals surface area contributed by atoms with Crippen LogP contribution in [0.4, 0.5) is 11.5 Å². The first-order chi connectivity index (χ1) is 11.7. The SMILES string of the molecule is Clc1cccc(N2CCN(c3ncnc4ccc(Br)cc34)CC2)c1. The van der Waals surface area contributed by atoms with Gasteiger partial charge in [-0.05, 0) is 36.4 Å². The van der Waals surface area contributed by atoms with Crippen molar-refractivity contribution in [2.75, 3.05) is 36.0 Å². The highest BCUT2D eigenvalue weighted by Gasteiger charge is 2.20. The molecule has 0 spiro atoms. The molecule has 0 radical (unpaired) electrons. The smallest absolute Gasteiger partial charge is 0.140 e. The van der Waals surface area contributed by atoms with Gasteiger partial charge in [0.25, 0.3) is 0 Å². The van der Waals surface area contributed by atoms with E-state index in [0.29, 0.717) is 0 Å². The Labute approximate surface area is 154 Å². The van der Waals surface area contributed by atoms with Crippen LogP contribution >= 0.6 is 27.5 Å². The molecule has 1 aliphatic rings. The van der Waals surface area contributed by atoms with Gasteiger partial charge in [-0.1, -0.05) is 33.6 Å². The van der Waals surface area contributed by atoms with E-state index in [0.717, 1.165) is 52.4 Å². The van der Waals surface area contributed by atoms with Crippen LogP contribution < -0.4 is 9.80 Å². The van der Waals surface area contributed by atoms with E-state index >= 15 is 0 Å². The summed E-state index contributed by atoms with van der Waals surface area (Å²) < 4.78 is 1.05. The maximum absolute atomic E-state index is 6.11. The van der Waals surface area contributed by atoms with Crippen LogP contribution in [0, 0.1) is 0 Å². The van der Waals surface area contributed by atoms with Crippen molar-refractivity contribution < 1.29 is 0 Å². The molecule has 6 heteroatoms. The summed E-state index contributed by atoms with van der Waals surface area (Å²) in [6.07, 6.45) is 1.65. The normalized spacial score (nSPS) is 15.1. The Kier molecular flexibility index (Phi) is 4.29. The molecule has 0 unspecified atom stereocenters. The third kappa shape index (κ3) is 3.06. The molecule has 2 aromatic carbocycles. The summed E-state index contributed by atoms with van der Waals surface area (Å²) in [6, 6.07) is 14.2. The Bertz CT molecular complexity index is 878. The van der Waals surface area contributed by atoms with Gasteiger partial charge in [-0.3, -0.25) is 0 Å². The predicted octanol–water partition coefficient (Wildman–Crippen LogP) is 4.37. The minimum Gasteiger partial charge on any atom is -0.368 e. The maximum Gasteiger partial charge on any atom is 0.140 e. The van der Waals surface area contributed by atoms with E-state index in [2.05, 4.69) is 47.8 Å². The molecule has 0 aliphatic carbocycles. The van der Waals surface area contributed by atoms with Gasteiger partial charge in [0, 0.05) is 46.7 Å². The van der Waals surface area contributed by atoms with Gasteiger partial charge in [0.05, 0.1) is 5.52 Å². The Morgan fingerprint density at radius 2 is 1.71 bits per heavy atom. The van der Waals surface area contributed by atoms with Crippen LogP contribution in [-0.2, 0) is 0 Å². The zero-order valence-corrected chi connectivity index (χ0v) is 15.3. The predicted molar refractivity (Wildman–Crippen MR) is 103 cm³/mol. The van der Waals surface area contributed by atoms with Gasteiger partial charge in [-0.15, -0.1) is 0 Å². The van der Waals surface area contributed by atoms with Crippen LogP contribution in [0.1, 0.15) is 0 Å². The molecule has 24 heavy (non-hydrogen) atoms. The van der Waals surface area contributed by atoms with Gasteiger partial charge in [0.15, 0.2) is 0 Å². The first kappa shape index (κ1) is 15.7. The molecule has 0 bridgehead atoms. The molecular weight excluding hydrogens is 388 g/mol. The lowest BCUT2D eigenvalue weighted by molar-refractivity contribution is 0.649. The van der Waals surface area contributed by atoms with E-state index < -0.39 is 0 Å². The van der Waals surface area contributed by atoms with E-state index in [1.165, 1.54) is 5.69 Å². The number of hydrogen-bond acceptors (Lipinski definition) is 4. The molecule has 0 amide bonds. The van der Waals surface area contributed by atoms with Gasteiger partial charge in [-0.2, -0.15) is 0 Å². The van der Waals surface area contributed by atoms with E-state index in [-0.39, 0.29) is 0 Å². The van der Waals surface area contributed by atoms with E-state index in [1.807, 2.05) is 30.3 Å². The fourth-order valence-corrected chi connectivity index (χ4v) is 3.66. The summed E-state index contributed by atoms with van der Waals surface area (Å²) in [4.78, 5) is 13.6. The Morgan fingerprint density at radius 1 is 0.917 bits per heavy atom. The van der Waals surface area contributed by atoms with Gasteiger partial charge in [0.2, 0.25) is 0 Å². The van der Waals surface area contributed by atoms with E-state index in [4.69, 9.17) is 11.6 Å². The number of rotatable bonds is 2. The number of piperazine rings is 1. The third-order valence-corrected chi connectivity index (χ3v) is 5.06. The first-order valence-corrected chi connectivity index (χ1v) is 9.03. The van der Waals surface area contributed by atoms with Crippen LogP contribution in [0.25, 0.3) is 10.9 Å². The molecule has 0 saturated carbocycles. The molecule has 0 atom stereocenters. The monoisotopic (exact) mass is 402 g/mol. The fourth-order valence-electron chi connectivity index (χ4n) is 3.12. The number of halogens is 2. The third-order valence-electron chi connectivity index (χ3n) is 4.33. The number of fused-ring (bicyclic) bond motifs is 1. The number of benzene rings is 2. The zero-order valence-electron chi connectivity index (χ0n) is 13.0. The second kappa shape index (κ2) is 6.57. The standard InChI is InChI=1S/C18H16BrClN4/c19-13-4-5-17-16(10-13)18(22-12-21-17)24-8-6-23(7-9-24)15-3-1-2-14(20)11-15/h1-5,10-12H,6-9H2. The van der Waals surface area contributed by atoms with Gasteiger partial charge < -0.3 is 9.80 Å². The van der Waals surface area contributed by atoms with Crippen LogP contribution in [0.2, 0.25) is 5.02 Å². The van der Waals surface area contributed by atoms with Gasteiger partial charge in [0.1, 0.15) is 12.1 Å². The van der Waals surface area contributed by atoms with Crippen LogP contribution in [0.3, 0.4) is 0 Å². The summed E-state index contributed by atoms with van der Waals surface area (Å²) in [5.41, 5.74) is 2.15. The molecule has 1 saturated heterocycles. The highest BCUT2D eigenvalue weighted by Crippen LogP contribution is 2.28. The maximum atomic E-state index is 6.11. The average Bonchev–Trinajstić information content (AvgIpc) is 2.61. The summed E-state index contributed by atoms with van der Waals surface area (Å²) in [5.74, 6) is 1.01. The van der Waals surface area contributed by atoms with Crippen molar-refractivity contribution in [1.82, 2.24) is 9.97 Å². The molecule has 1 aliphatic heterocycles. The quantitative estimate of drug-likeness (QED) is 0.636. The zero-order chi connectivity index (χ0) is 16.5. The highest BCUT2D eigenvalue weighted by atomic mass is 79.9. The van der Waals surface area contributed by atoms with Crippen molar-refractivity contribution >= 4 is 49.9 Å².